The molecule has 0 saturated carbocycles. The number of fused-ring (bicyclic) bond motifs is 1. The van der Waals surface area contributed by atoms with Crippen molar-refractivity contribution in [1.29, 1.82) is 0 Å². The van der Waals surface area contributed by atoms with Gasteiger partial charge >= 0.3 is 0 Å². The first-order chi connectivity index (χ1) is 12.0. The van der Waals surface area contributed by atoms with Crippen LogP contribution in [0.25, 0.3) is 10.8 Å². The standard InChI is InChI=1S/C19H16N2O4/c1-12(22)20-19(14-6-4-7-15(11-14)21(24)25)18-16-8-3-2-5-13(16)9-10-17(18)23/h2-11,19,23H,1H3,(H,20,22). The summed E-state index contributed by atoms with van der Waals surface area (Å²) in [6.45, 7) is 1.37. The topological polar surface area (TPSA) is 92.5 Å². The first-order valence-corrected chi connectivity index (χ1v) is 7.69. The van der Waals surface area contributed by atoms with Crippen molar-refractivity contribution in [3.8, 4) is 5.75 Å². The van der Waals surface area contributed by atoms with E-state index in [2.05, 4.69) is 5.32 Å². The first kappa shape index (κ1) is 16.4. The Balaban J connectivity index is 2.24. The van der Waals surface area contributed by atoms with E-state index >= 15 is 0 Å². The van der Waals surface area contributed by atoms with Gasteiger partial charge in [0.1, 0.15) is 5.75 Å². The molecule has 0 radical (unpaired) electrons. The van der Waals surface area contributed by atoms with Gasteiger partial charge in [-0.1, -0.05) is 42.5 Å². The molecule has 1 unspecified atom stereocenters. The van der Waals surface area contributed by atoms with Crippen molar-refractivity contribution in [3.05, 3.63) is 81.9 Å². The predicted molar refractivity (Wildman–Crippen MR) is 94.4 cm³/mol. The summed E-state index contributed by atoms with van der Waals surface area (Å²) in [5, 5.41) is 26.0. The maximum absolute atomic E-state index is 11.7. The largest absolute Gasteiger partial charge is 0.508 e. The third-order valence-corrected chi connectivity index (χ3v) is 4.00. The van der Waals surface area contributed by atoms with E-state index < -0.39 is 11.0 Å². The van der Waals surface area contributed by atoms with Crippen molar-refractivity contribution < 1.29 is 14.8 Å². The minimum absolute atomic E-state index is 0.0176. The Morgan fingerprint density at radius 2 is 1.88 bits per heavy atom. The Labute approximate surface area is 143 Å². The van der Waals surface area contributed by atoms with Gasteiger partial charge in [0.25, 0.3) is 5.69 Å². The molecule has 0 aliphatic heterocycles. The summed E-state index contributed by atoms with van der Waals surface area (Å²) < 4.78 is 0. The molecule has 1 amide bonds. The number of carbonyl (C=O) groups excluding carboxylic acids is 1. The van der Waals surface area contributed by atoms with Crippen LogP contribution >= 0.6 is 0 Å². The SMILES string of the molecule is CC(=O)NC(c1cccc([N+](=O)[O-])c1)c1c(O)ccc2ccccc12. The summed E-state index contributed by atoms with van der Waals surface area (Å²) in [6.07, 6.45) is 0. The second kappa shape index (κ2) is 6.60. The molecule has 0 aliphatic carbocycles. The van der Waals surface area contributed by atoms with Crippen molar-refractivity contribution in [2.45, 2.75) is 13.0 Å². The number of hydrogen-bond acceptors (Lipinski definition) is 4. The molecule has 2 N–H and O–H groups in total. The lowest BCUT2D eigenvalue weighted by molar-refractivity contribution is -0.384. The molecular formula is C19H16N2O4. The molecule has 0 aromatic heterocycles. The number of aromatic hydroxyl groups is 1. The molecule has 6 heteroatoms. The van der Waals surface area contributed by atoms with Crippen LogP contribution in [0.5, 0.6) is 5.75 Å². The maximum atomic E-state index is 11.7. The zero-order chi connectivity index (χ0) is 18.0. The van der Waals surface area contributed by atoms with Gasteiger partial charge in [0, 0.05) is 24.6 Å². The first-order valence-electron chi connectivity index (χ1n) is 7.69. The van der Waals surface area contributed by atoms with E-state index in [1.807, 2.05) is 24.3 Å². The highest BCUT2D eigenvalue weighted by molar-refractivity contribution is 5.89. The molecule has 6 nitrogen and oxygen atoms in total. The third kappa shape index (κ3) is 3.28. The molecule has 1 atom stereocenters. The average Bonchev–Trinajstić information content (AvgIpc) is 2.60. The fourth-order valence-corrected chi connectivity index (χ4v) is 2.93. The van der Waals surface area contributed by atoms with Crippen LogP contribution < -0.4 is 5.32 Å². The van der Waals surface area contributed by atoms with Gasteiger partial charge in [0.15, 0.2) is 0 Å². The minimum atomic E-state index is -0.705. The van der Waals surface area contributed by atoms with Crippen LogP contribution in [0.15, 0.2) is 60.7 Å². The Morgan fingerprint density at radius 3 is 2.60 bits per heavy atom. The van der Waals surface area contributed by atoms with Gasteiger partial charge in [-0.2, -0.15) is 0 Å². The van der Waals surface area contributed by atoms with Crippen LogP contribution in [0.2, 0.25) is 0 Å². The molecule has 126 valence electrons. The van der Waals surface area contributed by atoms with Crippen molar-refractivity contribution in [2.24, 2.45) is 0 Å². The monoisotopic (exact) mass is 336 g/mol. The maximum Gasteiger partial charge on any atom is 0.269 e. The van der Waals surface area contributed by atoms with E-state index in [-0.39, 0.29) is 17.3 Å². The summed E-state index contributed by atoms with van der Waals surface area (Å²) >= 11 is 0. The highest BCUT2D eigenvalue weighted by Crippen LogP contribution is 2.36. The van der Waals surface area contributed by atoms with E-state index in [1.54, 1.807) is 24.3 Å². The number of nitrogens with zero attached hydrogens (tertiary/aromatic N) is 1. The highest BCUT2D eigenvalue weighted by atomic mass is 16.6. The Bertz CT molecular complexity index is 969. The number of hydrogen-bond donors (Lipinski definition) is 2. The summed E-state index contributed by atoms with van der Waals surface area (Å²) in [5.41, 5.74) is 0.956. The number of amides is 1. The lowest BCUT2D eigenvalue weighted by atomic mass is 9.92. The molecule has 3 aromatic carbocycles. The van der Waals surface area contributed by atoms with E-state index in [4.69, 9.17) is 0 Å². The van der Waals surface area contributed by atoms with Gasteiger partial charge < -0.3 is 10.4 Å². The van der Waals surface area contributed by atoms with Crippen molar-refractivity contribution >= 4 is 22.4 Å². The predicted octanol–water partition coefficient (Wildman–Crippen LogP) is 3.68. The second-order valence-corrected chi connectivity index (χ2v) is 5.71. The fraction of sp³-hybridized carbons (Fsp3) is 0.105. The smallest absolute Gasteiger partial charge is 0.269 e. The number of phenols is 1. The number of non-ortho nitro benzene ring substituents is 1. The van der Waals surface area contributed by atoms with Crippen molar-refractivity contribution in [2.75, 3.05) is 0 Å². The molecule has 0 bridgehead atoms. The van der Waals surface area contributed by atoms with Crippen LogP contribution in [0.3, 0.4) is 0 Å². The summed E-state index contributed by atoms with van der Waals surface area (Å²) in [5.74, 6) is -0.284. The van der Waals surface area contributed by atoms with Gasteiger partial charge in [-0.25, -0.2) is 0 Å². The van der Waals surface area contributed by atoms with E-state index in [1.165, 1.54) is 19.1 Å². The normalized spacial score (nSPS) is 11.9. The molecule has 0 spiro atoms. The minimum Gasteiger partial charge on any atom is -0.508 e. The number of nitrogens with one attached hydrogen (secondary N) is 1. The van der Waals surface area contributed by atoms with Crippen molar-refractivity contribution in [1.82, 2.24) is 5.32 Å². The summed E-state index contributed by atoms with van der Waals surface area (Å²) in [6, 6.07) is 16.1. The lowest BCUT2D eigenvalue weighted by Gasteiger charge is -2.21. The number of nitro benzene ring substituents is 1. The zero-order valence-electron chi connectivity index (χ0n) is 13.5. The lowest BCUT2D eigenvalue weighted by Crippen LogP contribution is -2.27. The van der Waals surface area contributed by atoms with E-state index in [0.717, 1.165) is 10.8 Å². The quantitative estimate of drug-likeness (QED) is 0.561. The van der Waals surface area contributed by atoms with Crippen LogP contribution in [0.4, 0.5) is 5.69 Å². The van der Waals surface area contributed by atoms with E-state index in [0.29, 0.717) is 11.1 Å². The van der Waals surface area contributed by atoms with Crippen LogP contribution in [-0.4, -0.2) is 15.9 Å². The molecular weight excluding hydrogens is 320 g/mol. The number of carbonyl (C=O) groups is 1. The molecule has 0 saturated heterocycles. The number of benzene rings is 3. The van der Waals surface area contributed by atoms with Gasteiger partial charge in [-0.3, -0.25) is 14.9 Å². The molecule has 0 aliphatic rings. The van der Waals surface area contributed by atoms with Crippen molar-refractivity contribution in [3.63, 3.8) is 0 Å². The molecule has 0 heterocycles. The Kier molecular flexibility index (Phi) is 4.35. The van der Waals surface area contributed by atoms with E-state index in [9.17, 15) is 20.0 Å². The Hall–Kier alpha value is -3.41. The van der Waals surface area contributed by atoms with Gasteiger partial charge in [-0.15, -0.1) is 0 Å². The highest BCUT2D eigenvalue weighted by Gasteiger charge is 2.23. The summed E-state index contributed by atoms with van der Waals surface area (Å²) in [7, 11) is 0. The Morgan fingerprint density at radius 1 is 1.12 bits per heavy atom. The third-order valence-electron chi connectivity index (χ3n) is 4.00. The van der Waals surface area contributed by atoms with Gasteiger partial charge in [0.2, 0.25) is 5.91 Å². The van der Waals surface area contributed by atoms with Gasteiger partial charge in [0.05, 0.1) is 11.0 Å². The second-order valence-electron chi connectivity index (χ2n) is 5.71. The van der Waals surface area contributed by atoms with Crippen LogP contribution in [-0.2, 0) is 4.79 Å². The average molecular weight is 336 g/mol. The van der Waals surface area contributed by atoms with Crippen LogP contribution in [0, 0.1) is 10.1 Å². The molecule has 3 rings (SSSR count). The summed E-state index contributed by atoms with van der Waals surface area (Å²) in [4.78, 5) is 22.3. The number of nitro groups is 1. The fourth-order valence-electron chi connectivity index (χ4n) is 2.93. The van der Waals surface area contributed by atoms with Gasteiger partial charge in [-0.05, 0) is 22.4 Å². The molecule has 3 aromatic rings. The molecule has 0 fully saturated rings. The number of phenolic OH excluding ortho intramolecular Hbond substituents is 1. The zero-order valence-corrected chi connectivity index (χ0v) is 13.5. The molecule has 25 heavy (non-hydrogen) atoms. The van der Waals surface area contributed by atoms with Crippen LogP contribution in [0.1, 0.15) is 24.1 Å². The number of rotatable bonds is 4.